The number of benzene rings is 4. The Morgan fingerprint density at radius 3 is 1.21 bits per heavy atom. The Labute approximate surface area is 208 Å². The highest BCUT2D eigenvalue weighted by Crippen LogP contribution is 2.32. The summed E-state index contributed by atoms with van der Waals surface area (Å²) in [5.41, 5.74) is 12.8. The van der Waals surface area contributed by atoms with Gasteiger partial charge in [0.15, 0.2) is 0 Å². The summed E-state index contributed by atoms with van der Waals surface area (Å²) in [5.74, 6) is 2.17. The van der Waals surface area contributed by atoms with E-state index >= 15 is 0 Å². The third kappa shape index (κ3) is 5.32. The molecule has 9 heteroatoms. The van der Waals surface area contributed by atoms with E-state index in [0.29, 0.717) is 34.4 Å². The monoisotopic (exact) mass is 588 g/mol. The lowest BCUT2D eigenvalue weighted by Gasteiger charge is -2.10. The Balaban J connectivity index is 1.49. The molecule has 6 nitrogen and oxygen atoms in total. The van der Waals surface area contributed by atoms with Crippen molar-refractivity contribution in [2.75, 3.05) is 11.5 Å². The molecule has 4 N–H and O–H groups in total. The highest BCUT2D eigenvalue weighted by molar-refractivity contribution is 9.11. The number of anilines is 2. The van der Waals surface area contributed by atoms with Crippen molar-refractivity contribution >= 4 is 53.1 Å². The molecule has 4 aromatic rings. The molecular weight excluding hydrogens is 572 g/mol. The van der Waals surface area contributed by atoms with Gasteiger partial charge in [-0.2, -0.15) is 0 Å². The minimum absolute atomic E-state index is 0.157. The summed E-state index contributed by atoms with van der Waals surface area (Å²) < 4.78 is 39.0. The highest BCUT2D eigenvalue weighted by Gasteiger charge is 2.18. The summed E-state index contributed by atoms with van der Waals surface area (Å²) in [5, 5.41) is 0. The zero-order chi connectivity index (χ0) is 23.6. The minimum atomic E-state index is -3.70. The number of rotatable bonds is 6. The number of hydrogen-bond acceptors (Lipinski definition) is 6. The van der Waals surface area contributed by atoms with Crippen molar-refractivity contribution in [1.82, 2.24) is 0 Å². The van der Waals surface area contributed by atoms with Crippen LogP contribution in [0.25, 0.3) is 0 Å². The van der Waals surface area contributed by atoms with E-state index in [1.807, 2.05) is 0 Å². The predicted molar refractivity (Wildman–Crippen MR) is 136 cm³/mol. The van der Waals surface area contributed by atoms with Crippen LogP contribution in [0.2, 0.25) is 0 Å². The van der Waals surface area contributed by atoms with Crippen LogP contribution in [0.5, 0.6) is 23.0 Å². The van der Waals surface area contributed by atoms with Crippen LogP contribution in [0, 0.1) is 0 Å². The van der Waals surface area contributed by atoms with Gasteiger partial charge < -0.3 is 20.9 Å². The third-order valence-corrected chi connectivity index (χ3v) is 7.84. The Morgan fingerprint density at radius 1 is 0.545 bits per heavy atom. The van der Waals surface area contributed by atoms with Crippen LogP contribution in [0.4, 0.5) is 11.4 Å². The van der Waals surface area contributed by atoms with Gasteiger partial charge in [0.2, 0.25) is 9.84 Å². The molecule has 168 valence electrons. The molecule has 0 amide bonds. The molecule has 0 atom stereocenters. The first-order valence-electron chi connectivity index (χ1n) is 9.63. The van der Waals surface area contributed by atoms with Gasteiger partial charge in [0.1, 0.15) is 23.0 Å². The first-order valence-corrected chi connectivity index (χ1v) is 12.7. The number of ether oxygens (including phenoxy) is 2. The maximum absolute atomic E-state index is 13.0. The van der Waals surface area contributed by atoms with Gasteiger partial charge in [-0.15, -0.1) is 0 Å². The van der Waals surface area contributed by atoms with Crippen molar-refractivity contribution in [3.63, 3.8) is 0 Å². The van der Waals surface area contributed by atoms with E-state index in [2.05, 4.69) is 31.9 Å². The minimum Gasteiger partial charge on any atom is -0.457 e. The summed E-state index contributed by atoms with van der Waals surface area (Å²) >= 11 is 6.70. The Morgan fingerprint density at radius 2 is 0.879 bits per heavy atom. The van der Waals surface area contributed by atoms with Gasteiger partial charge in [-0.3, -0.25) is 0 Å². The largest absolute Gasteiger partial charge is 0.457 e. The van der Waals surface area contributed by atoms with Gasteiger partial charge in [0.05, 0.1) is 9.79 Å². The fraction of sp³-hybridized carbons (Fsp3) is 0. The summed E-state index contributed by atoms with van der Waals surface area (Å²) in [4.78, 5) is 0.314. The van der Waals surface area contributed by atoms with E-state index in [9.17, 15) is 8.42 Å². The van der Waals surface area contributed by atoms with E-state index < -0.39 is 9.84 Å². The van der Waals surface area contributed by atoms with Crippen LogP contribution in [0.1, 0.15) is 0 Å². The molecule has 0 fully saturated rings. The van der Waals surface area contributed by atoms with E-state index in [-0.39, 0.29) is 9.79 Å². The van der Waals surface area contributed by atoms with Crippen LogP contribution < -0.4 is 20.9 Å². The Kier molecular flexibility index (Phi) is 6.64. The zero-order valence-corrected chi connectivity index (χ0v) is 21.0. The molecule has 0 saturated carbocycles. The maximum atomic E-state index is 13.0. The van der Waals surface area contributed by atoms with E-state index in [1.165, 1.54) is 24.3 Å². The zero-order valence-electron chi connectivity index (χ0n) is 17.0. The second kappa shape index (κ2) is 9.46. The molecule has 4 rings (SSSR count). The summed E-state index contributed by atoms with van der Waals surface area (Å²) in [6, 6.07) is 22.8. The smallest absolute Gasteiger partial charge is 0.206 e. The van der Waals surface area contributed by atoms with Gasteiger partial charge in [-0.05, 0) is 117 Å². The van der Waals surface area contributed by atoms with Crippen molar-refractivity contribution in [1.29, 1.82) is 0 Å². The summed E-state index contributed by atoms with van der Waals surface area (Å²) in [6.45, 7) is 0. The van der Waals surface area contributed by atoms with Crippen molar-refractivity contribution in [3.8, 4) is 23.0 Å². The topological polar surface area (TPSA) is 105 Å². The van der Waals surface area contributed by atoms with Crippen LogP contribution >= 0.6 is 31.9 Å². The van der Waals surface area contributed by atoms with Crippen LogP contribution in [0.15, 0.2) is 104 Å². The van der Waals surface area contributed by atoms with Gasteiger partial charge in [-0.1, -0.05) is 0 Å². The highest BCUT2D eigenvalue weighted by atomic mass is 79.9. The first kappa shape index (κ1) is 23.2. The Bertz CT molecular complexity index is 1300. The van der Waals surface area contributed by atoms with Crippen molar-refractivity contribution < 1.29 is 17.9 Å². The molecule has 0 aliphatic heterocycles. The molecule has 0 aliphatic carbocycles. The molecule has 4 aromatic carbocycles. The molecule has 0 aromatic heterocycles. The van der Waals surface area contributed by atoms with Gasteiger partial charge in [0, 0.05) is 20.3 Å². The number of hydrogen-bond donors (Lipinski definition) is 2. The molecular formula is C24H18Br2N2O4S. The van der Waals surface area contributed by atoms with Gasteiger partial charge in [-0.25, -0.2) is 8.42 Å². The SMILES string of the molecule is Nc1ccc(Oc2ccc(S(=O)(=O)c3ccc(Oc4ccc(N)c(Br)c4)cc3)cc2)cc1Br. The van der Waals surface area contributed by atoms with E-state index in [1.54, 1.807) is 60.7 Å². The van der Waals surface area contributed by atoms with Crippen LogP contribution in [-0.4, -0.2) is 8.42 Å². The normalized spacial score (nSPS) is 11.2. The molecule has 0 aliphatic rings. The number of sulfone groups is 1. The average Bonchev–Trinajstić information content (AvgIpc) is 2.80. The number of halogens is 2. The average molecular weight is 590 g/mol. The second-order valence-corrected chi connectivity index (χ2v) is 10.7. The molecule has 0 unspecified atom stereocenters. The summed E-state index contributed by atoms with van der Waals surface area (Å²) in [6.07, 6.45) is 0. The lowest BCUT2D eigenvalue weighted by molar-refractivity contribution is 0.482. The molecule has 33 heavy (non-hydrogen) atoms. The maximum Gasteiger partial charge on any atom is 0.206 e. The predicted octanol–water partition coefficient (Wildman–Crippen LogP) is 6.79. The standard InChI is InChI=1S/C24H18Br2N2O4S/c25-21-13-17(5-11-23(21)27)31-15-1-7-19(8-2-15)33(29,30)20-9-3-16(4-10-20)32-18-6-12-24(28)22(26)14-18/h1-14H,27-28H2. The number of nitrogens with two attached hydrogens (primary N) is 2. The summed E-state index contributed by atoms with van der Waals surface area (Å²) in [7, 11) is -3.70. The molecule has 0 spiro atoms. The molecule has 0 bridgehead atoms. The first-order chi connectivity index (χ1) is 15.7. The van der Waals surface area contributed by atoms with Crippen LogP contribution in [-0.2, 0) is 9.84 Å². The number of nitrogen functional groups attached to an aromatic ring is 2. The molecule has 0 heterocycles. The second-order valence-electron chi connectivity index (χ2n) is 7.02. The van der Waals surface area contributed by atoms with E-state index in [4.69, 9.17) is 20.9 Å². The lowest BCUT2D eigenvalue weighted by atomic mass is 10.3. The third-order valence-electron chi connectivity index (χ3n) is 4.68. The van der Waals surface area contributed by atoms with Gasteiger partial charge in [0.25, 0.3) is 0 Å². The van der Waals surface area contributed by atoms with Crippen LogP contribution in [0.3, 0.4) is 0 Å². The fourth-order valence-electron chi connectivity index (χ4n) is 2.92. The lowest BCUT2D eigenvalue weighted by Crippen LogP contribution is -2.02. The quantitative estimate of drug-likeness (QED) is 0.240. The van der Waals surface area contributed by atoms with E-state index in [0.717, 1.165) is 8.95 Å². The van der Waals surface area contributed by atoms with Crippen molar-refractivity contribution in [2.24, 2.45) is 0 Å². The molecule has 0 saturated heterocycles. The molecule has 0 radical (unpaired) electrons. The fourth-order valence-corrected chi connectivity index (χ4v) is 4.90. The van der Waals surface area contributed by atoms with Gasteiger partial charge >= 0.3 is 0 Å². The Hall–Kier alpha value is -3.01. The van der Waals surface area contributed by atoms with Crippen molar-refractivity contribution in [2.45, 2.75) is 9.79 Å². The van der Waals surface area contributed by atoms with Crippen molar-refractivity contribution in [3.05, 3.63) is 93.9 Å².